The first-order valence-electron chi connectivity index (χ1n) is 6.18. The number of benzene rings is 2. The maximum atomic E-state index is 9.51. The fourth-order valence-corrected chi connectivity index (χ4v) is 2.46. The summed E-state index contributed by atoms with van der Waals surface area (Å²) in [6, 6.07) is 10.5. The molecule has 2 aromatic rings. The van der Waals surface area contributed by atoms with Crippen LogP contribution in [0.3, 0.4) is 0 Å². The summed E-state index contributed by atoms with van der Waals surface area (Å²) in [4.78, 5) is 0. The van der Waals surface area contributed by atoms with Gasteiger partial charge in [0.15, 0.2) is 5.75 Å². The fraction of sp³-hybridized carbons (Fsp3) is 0.200. The minimum atomic E-state index is -0.106. The van der Waals surface area contributed by atoms with Crippen LogP contribution in [0.25, 0.3) is 0 Å². The Morgan fingerprint density at radius 3 is 2.15 bits per heavy atom. The average molecular weight is 312 g/mol. The summed E-state index contributed by atoms with van der Waals surface area (Å²) < 4.78 is 0. The van der Waals surface area contributed by atoms with E-state index in [9.17, 15) is 10.2 Å². The molecule has 20 heavy (non-hydrogen) atoms. The maximum absolute atomic E-state index is 9.51. The Balaban J connectivity index is 2.04. The molecule has 0 amide bonds. The highest BCUT2D eigenvalue weighted by molar-refractivity contribution is 6.37. The van der Waals surface area contributed by atoms with Gasteiger partial charge < -0.3 is 15.5 Å². The minimum absolute atomic E-state index is 0.106. The number of hydrogen-bond donors (Lipinski definition) is 3. The zero-order chi connectivity index (χ0) is 14.7. The van der Waals surface area contributed by atoms with E-state index in [0.29, 0.717) is 0 Å². The Bertz CT molecular complexity index is 576. The SMILES string of the molecule is CC(Cc1ccc(O)cc1)Nc1cc(Cl)c(O)c(Cl)c1. The molecule has 1 atom stereocenters. The Morgan fingerprint density at radius 1 is 1.05 bits per heavy atom. The Kier molecular flexibility index (Phi) is 4.63. The number of hydrogen-bond acceptors (Lipinski definition) is 3. The quantitative estimate of drug-likeness (QED) is 0.731. The van der Waals surface area contributed by atoms with Crippen molar-refractivity contribution in [1.82, 2.24) is 0 Å². The summed E-state index contributed by atoms with van der Waals surface area (Å²) in [6.45, 7) is 2.03. The maximum Gasteiger partial charge on any atom is 0.152 e. The predicted molar refractivity (Wildman–Crippen MR) is 83.0 cm³/mol. The third-order valence-corrected chi connectivity index (χ3v) is 3.48. The summed E-state index contributed by atoms with van der Waals surface area (Å²) in [7, 11) is 0. The standard InChI is InChI=1S/C15H15Cl2NO2/c1-9(6-10-2-4-12(19)5-3-10)18-11-7-13(16)15(20)14(17)8-11/h2-5,7-9,18-20H,6H2,1H3. The van der Waals surface area contributed by atoms with Crippen LogP contribution in [-0.2, 0) is 6.42 Å². The Hall–Kier alpha value is -1.58. The number of halogens is 2. The lowest BCUT2D eigenvalue weighted by molar-refractivity contribution is 0.475. The molecule has 0 aliphatic carbocycles. The van der Waals surface area contributed by atoms with E-state index in [-0.39, 0.29) is 27.6 Å². The first-order chi connectivity index (χ1) is 9.45. The lowest BCUT2D eigenvalue weighted by Crippen LogP contribution is -2.18. The van der Waals surface area contributed by atoms with Gasteiger partial charge in [0.2, 0.25) is 0 Å². The van der Waals surface area contributed by atoms with Crippen LogP contribution in [0.2, 0.25) is 10.0 Å². The normalized spacial score (nSPS) is 12.2. The van der Waals surface area contributed by atoms with Crippen LogP contribution in [0.5, 0.6) is 11.5 Å². The molecule has 0 spiro atoms. The van der Waals surface area contributed by atoms with Gasteiger partial charge in [0.1, 0.15) is 5.75 Å². The minimum Gasteiger partial charge on any atom is -0.508 e. The molecule has 0 fully saturated rings. The summed E-state index contributed by atoms with van der Waals surface area (Å²) in [6.07, 6.45) is 0.788. The van der Waals surface area contributed by atoms with Gasteiger partial charge in [-0.25, -0.2) is 0 Å². The first-order valence-corrected chi connectivity index (χ1v) is 6.94. The Morgan fingerprint density at radius 2 is 1.60 bits per heavy atom. The van der Waals surface area contributed by atoms with E-state index in [1.54, 1.807) is 24.3 Å². The van der Waals surface area contributed by atoms with E-state index in [1.807, 2.05) is 19.1 Å². The lowest BCUT2D eigenvalue weighted by Gasteiger charge is -2.16. The van der Waals surface area contributed by atoms with E-state index in [4.69, 9.17) is 23.2 Å². The van der Waals surface area contributed by atoms with Gasteiger partial charge in [-0.2, -0.15) is 0 Å². The van der Waals surface area contributed by atoms with E-state index < -0.39 is 0 Å². The van der Waals surface area contributed by atoms with Crippen molar-refractivity contribution in [2.45, 2.75) is 19.4 Å². The number of rotatable bonds is 4. The molecule has 2 rings (SSSR count). The number of phenolic OH excluding ortho intramolecular Hbond substituents is 2. The van der Waals surface area contributed by atoms with Crippen LogP contribution in [0.4, 0.5) is 5.69 Å². The van der Waals surface area contributed by atoms with Crippen molar-refractivity contribution in [1.29, 1.82) is 0 Å². The molecule has 1 unspecified atom stereocenters. The third kappa shape index (κ3) is 3.71. The molecule has 0 heterocycles. The predicted octanol–water partition coefficient (Wildman–Crippen LogP) is 4.45. The average Bonchev–Trinajstić information content (AvgIpc) is 2.38. The molecule has 0 radical (unpaired) electrons. The molecule has 106 valence electrons. The number of nitrogens with one attached hydrogen (secondary N) is 1. The van der Waals surface area contributed by atoms with Crippen molar-refractivity contribution in [2.75, 3.05) is 5.32 Å². The highest BCUT2D eigenvalue weighted by Crippen LogP contribution is 2.34. The van der Waals surface area contributed by atoms with Gasteiger partial charge in [-0.1, -0.05) is 35.3 Å². The summed E-state index contributed by atoms with van der Waals surface area (Å²) >= 11 is 11.8. The van der Waals surface area contributed by atoms with Crippen molar-refractivity contribution in [2.24, 2.45) is 0 Å². The smallest absolute Gasteiger partial charge is 0.152 e. The van der Waals surface area contributed by atoms with Gasteiger partial charge >= 0.3 is 0 Å². The van der Waals surface area contributed by atoms with Gasteiger partial charge in [0.05, 0.1) is 10.0 Å². The third-order valence-electron chi connectivity index (χ3n) is 2.91. The van der Waals surface area contributed by atoms with Gasteiger partial charge in [0, 0.05) is 11.7 Å². The van der Waals surface area contributed by atoms with Crippen molar-refractivity contribution in [3.8, 4) is 11.5 Å². The molecule has 5 heteroatoms. The monoisotopic (exact) mass is 311 g/mol. The molecule has 0 aliphatic rings. The van der Waals surface area contributed by atoms with Crippen LogP contribution < -0.4 is 5.32 Å². The van der Waals surface area contributed by atoms with Crippen LogP contribution in [0, 0.1) is 0 Å². The van der Waals surface area contributed by atoms with Gasteiger partial charge in [-0.15, -0.1) is 0 Å². The van der Waals surface area contributed by atoms with Crippen molar-refractivity contribution >= 4 is 28.9 Å². The van der Waals surface area contributed by atoms with Gasteiger partial charge in [-0.05, 0) is 43.2 Å². The second-order valence-electron chi connectivity index (χ2n) is 4.70. The lowest BCUT2D eigenvalue weighted by atomic mass is 10.1. The molecular formula is C15H15Cl2NO2. The number of anilines is 1. The van der Waals surface area contributed by atoms with Crippen LogP contribution in [-0.4, -0.2) is 16.3 Å². The number of phenols is 2. The number of aromatic hydroxyl groups is 2. The van der Waals surface area contributed by atoms with E-state index in [0.717, 1.165) is 17.7 Å². The highest BCUT2D eigenvalue weighted by Gasteiger charge is 2.09. The van der Waals surface area contributed by atoms with Crippen LogP contribution in [0.1, 0.15) is 12.5 Å². The molecule has 0 saturated carbocycles. The fourth-order valence-electron chi connectivity index (χ4n) is 1.97. The summed E-state index contributed by atoms with van der Waals surface area (Å²) in [5, 5.41) is 22.5. The second kappa shape index (κ2) is 6.25. The van der Waals surface area contributed by atoms with Crippen molar-refractivity contribution in [3.63, 3.8) is 0 Å². The summed E-state index contributed by atoms with van der Waals surface area (Å²) in [5.41, 5.74) is 1.86. The largest absolute Gasteiger partial charge is 0.508 e. The van der Waals surface area contributed by atoms with E-state index in [1.165, 1.54) is 0 Å². The van der Waals surface area contributed by atoms with Crippen molar-refractivity contribution < 1.29 is 10.2 Å². The molecule has 0 aliphatic heterocycles. The molecule has 2 aromatic carbocycles. The second-order valence-corrected chi connectivity index (χ2v) is 5.52. The van der Waals surface area contributed by atoms with Gasteiger partial charge in [-0.3, -0.25) is 0 Å². The topological polar surface area (TPSA) is 52.5 Å². The molecule has 0 aromatic heterocycles. The highest BCUT2D eigenvalue weighted by atomic mass is 35.5. The zero-order valence-electron chi connectivity index (χ0n) is 10.9. The first kappa shape index (κ1) is 14.8. The van der Waals surface area contributed by atoms with Crippen LogP contribution >= 0.6 is 23.2 Å². The molecule has 0 saturated heterocycles. The molecular weight excluding hydrogens is 297 g/mol. The van der Waals surface area contributed by atoms with Crippen molar-refractivity contribution in [3.05, 3.63) is 52.0 Å². The van der Waals surface area contributed by atoms with E-state index >= 15 is 0 Å². The van der Waals surface area contributed by atoms with Crippen LogP contribution in [0.15, 0.2) is 36.4 Å². The van der Waals surface area contributed by atoms with Gasteiger partial charge in [0.25, 0.3) is 0 Å². The summed E-state index contributed by atoms with van der Waals surface area (Å²) in [5.74, 6) is 0.150. The van der Waals surface area contributed by atoms with E-state index in [2.05, 4.69) is 5.32 Å². The molecule has 3 nitrogen and oxygen atoms in total. The molecule has 0 bridgehead atoms. The zero-order valence-corrected chi connectivity index (χ0v) is 12.4. The molecule has 3 N–H and O–H groups in total. The Labute approximate surface area is 127 Å².